The van der Waals surface area contributed by atoms with E-state index in [1.807, 2.05) is 29.6 Å². The molecule has 2 heterocycles. The summed E-state index contributed by atoms with van der Waals surface area (Å²) in [6.07, 6.45) is 0. The van der Waals surface area contributed by atoms with Crippen LogP contribution in [0.2, 0.25) is 0 Å². The highest BCUT2D eigenvalue weighted by molar-refractivity contribution is 7.13. The molecular formula is C18H15N5S. The minimum Gasteiger partial charge on any atom is -0.385 e. The van der Waals surface area contributed by atoms with E-state index in [4.69, 9.17) is 5.73 Å². The molecule has 0 saturated carbocycles. The molecule has 0 fully saturated rings. The van der Waals surface area contributed by atoms with Crippen molar-refractivity contribution in [2.24, 2.45) is 10.2 Å². The maximum atomic E-state index is 5.97. The molecule has 0 unspecified atom stereocenters. The quantitative estimate of drug-likeness (QED) is 0.479. The summed E-state index contributed by atoms with van der Waals surface area (Å²) in [5.41, 5.74) is 9.18. The summed E-state index contributed by atoms with van der Waals surface area (Å²) >= 11 is 1.46. The molecule has 4 aromatic rings. The van der Waals surface area contributed by atoms with Gasteiger partial charge in [0.2, 0.25) is 5.13 Å². The van der Waals surface area contributed by atoms with E-state index in [0.29, 0.717) is 16.8 Å². The Balaban J connectivity index is 1.63. The molecule has 118 valence electrons. The number of azo groups is 1. The van der Waals surface area contributed by atoms with E-state index in [0.717, 1.165) is 22.0 Å². The van der Waals surface area contributed by atoms with Gasteiger partial charge in [-0.05, 0) is 6.92 Å². The number of nitrogens with zero attached hydrogens (tertiary/aromatic N) is 3. The summed E-state index contributed by atoms with van der Waals surface area (Å²) in [6.45, 7) is 2.07. The zero-order valence-electron chi connectivity index (χ0n) is 13.0. The summed E-state index contributed by atoms with van der Waals surface area (Å²) in [6, 6.07) is 16.1. The van der Waals surface area contributed by atoms with Gasteiger partial charge in [0.05, 0.1) is 5.69 Å². The molecular weight excluding hydrogens is 318 g/mol. The number of aryl methyl sites for hydroxylation is 1. The van der Waals surface area contributed by atoms with Gasteiger partial charge in [-0.3, -0.25) is 0 Å². The van der Waals surface area contributed by atoms with E-state index in [2.05, 4.69) is 51.4 Å². The van der Waals surface area contributed by atoms with Gasteiger partial charge in [-0.1, -0.05) is 54.1 Å². The number of aromatic nitrogens is 2. The minimum absolute atomic E-state index is 0.596. The first kappa shape index (κ1) is 14.6. The number of thiazole rings is 1. The first-order valence-corrected chi connectivity index (χ1v) is 8.39. The number of hydrogen-bond acceptors (Lipinski definition) is 5. The molecule has 0 saturated heterocycles. The number of fused-ring (bicyclic) bond motifs is 1. The molecule has 0 aliphatic carbocycles. The van der Waals surface area contributed by atoms with Gasteiger partial charge in [0.1, 0.15) is 5.82 Å². The highest BCUT2D eigenvalue weighted by Gasteiger charge is 2.07. The Morgan fingerprint density at radius 3 is 2.54 bits per heavy atom. The summed E-state index contributed by atoms with van der Waals surface area (Å²) in [7, 11) is 0. The zero-order chi connectivity index (χ0) is 16.5. The third kappa shape index (κ3) is 2.68. The van der Waals surface area contributed by atoms with Crippen molar-refractivity contribution in [1.82, 2.24) is 9.97 Å². The molecule has 24 heavy (non-hydrogen) atoms. The first-order valence-electron chi connectivity index (χ1n) is 7.51. The highest BCUT2D eigenvalue weighted by atomic mass is 32.1. The molecule has 0 amide bonds. The molecule has 5 nitrogen and oxygen atoms in total. The number of nitrogens with one attached hydrogen (secondary N) is 1. The third-order valence-corrected chi connectivity index (χ3v) is 4.53. The van der Waals surface area contributed by atoms with Gasteiger partial charge in [0, 0.05) is 21.7 Å². The standard InChI is InChI=1S/C18H15N5S/c1-11-6-8-12(9-7-11)15-10-24-18(20-15)23-22-17-14-5-3-2-4-13(14)16(19)21-17/h2-10,21H,19H2,1H3/b23-22-. The summed E-state index contributed by atoms with van der Waals surface area (Å²) in [5.74, 6) is 1.24. The van der Waals surface area contributed by atoms with Crippen LogP contribution in [0.4, 0.5) is 16.8 Å². The number of aromatic amines is 1. The number of H-pyrrole nitrogens is 1. The fraction of sp³-hybridized carbons (Fsp3) is 0.0556. The van der Waals surface area contributed by atoms with Gasteiger partial charge in [0.15, 0.2) is 5.82 Å². The van der Waals surface area contributed by atoms with Gasteiger partial charge < -0.3 is 10.7 Å². The van der Waals surface area contributed by atoms with Crippen LogP contribution in [0.5, 0.6) is 0 Å². The Hall–Kier alpha value is -2.99. The summed E-state index contributed by atoms with van der Waals surface area (Å²) in [4.78, 5) is 7.59. The number of rotatable bonds is 3. The number of nitrogens with two attached hydrogens (primary N) is 1. The monoisotopic (exact) mass is 333 g/mol. The van der Waals surface area contributed by atoms with Gasteiger partial charge in [0.25, 0.3) is 0 Å². The predicted molar refractivity (Wildman–Crippen MR) is 99.2 cm³/mol. The van der Waals surface area contributed by atoms with Crippen LogP contribution in [-0.4, -0.2) is 9.97 Å². The SMILES string of the molecule is Cc1ccc(-c2csc(/N=N\c3[nH]c(N)c4ccccc34)n2)cc1. The molecule has 4 rings (SSSR count). The van der Waals surface area contributed by atoms with E-state index in [1.54, 1.807) is 0 Å². The second kappa shape index (κ2) is 5.90. The largest absolute Gasteiger partial charge is 0.385 e. The van der Waals surface area contributed by atoms with Crippen LogP contribution in [0.1, 0.15) is 5.56 Å². The van der Waals surface area contributed by atoms with Crippen LogP contribution < -0.4 is 5.73 Å². The molecule has 0 aliphatic heterocycles. The Morgan fingerprint density at radius 1 is 1.00 bits per heavy atom. The molecule has 0 radical (unpaired) electrons. The molecule has 0 atom stereocenters. The molecule has 0 bridgehead atoms. The fourth-order valence-corrected chi connectivity index (χ4v) is 3.17. The Kier molecular flexibility index (Phi) is 3.59. The van der Waals surface area contributed by atoms with Gasteiger partial charge in [-0.25, -0.2) is 4.98 Å². The molecule has 2 aromatic carbocycles. The normalized spacial score (nSPS) is 11.5. The Labute approximate surface area is 142 Å². The lowest BCUT2D eigenvalue weighted by atomic mass is 10.1. The lowest BCUT2D eigenvalue weighted by molar-refractivity contribution is 1.17. The second-order valence-electron chi connectivity index (χ2n) is 5.51. The maximum absolute atomic E-state index is 5.97. The van der Waals surface area contributed by atoms with Crippen molar-refractivity contribution in [2.75, 3.05) is 5.73 Å². The molecule has 0 aliphatic rings. The fourth-order valence-electron chi connectivity index (χ4n) is 2.53. The van der Waals surface area contributed by atoms with Crippen molar-refractivity contribution in [1.29, 1.82) is 0 Å². The minimum atomic E-state index is 0.596. The first-order chi connectivity index (χ1) is 11.7. The highest BCUT2D eigenvalue weighted by Crippen LogP contribution is 2.32. The van der Waals surface area contributed by atoms with Gasteiger partial charge in [-0.2, -0.15) is 0 Å². The number of benzene rings is 2. The second-order valence-corrected chi connectivity index (χ2v) is 6.35. The smallest absolute Gasteiger partial charge is 0.230 e. The van der Waals surface area contributed by atoms with Crippen LogP contribution in [0.3, 0.4) is 0 Å². The van der Waals surface area contributed by atoms with Crippen molar-refractivity contribution in [3.05, 3.63) is 59.5 Å². The summed E-state index contributed by atoms with van der Waals surface area (Å²) in [5, 5.41) is 13.0. The van der Waals surface area contributed by atoms with E-state index in [-0.39, 0.29) is 0 Å². The maximum Gasteiger partial charge on any atom is 0.230 e. The van der Waals surface area contributed by atoms with Crippen molar-refractivity contribution in [2.45, 2.75) is 6.92 Å². The van der Waals surface area contributed by atoms with Crippen LogP contribution in [0, 0.1) is 6.92 Å². The third-order valence-electron chi connectivity index (χ3n) is 3.80. The molecule has 0 spiro atoms. The Morgan fingerprint density at radius 2 is 1.75 bits per heavy atom. The van der Waals surface area contributed by atoms with E-state index >= 15 is 0 Å². The van der Waals surface area contributed by atoms with Crippen LogP contribution in [0.15, 0.2) is 64.1 Å². The predicted octanol–water partition coefficient (Wildman–Crippen LogP) is 5.60. The van der Waals surface area contributed by atoms with Crippen LogP contribution in [-0.2, 0) is 0 Å². The molecule has 2 aromatic heterocycles. The van der Waals surface area contributed by atoms with Crippen LogP contribution >= 0.6 is 11.3 Å². The molecule has 6 heteroatoms. The van der Waals surface area contributed by atoms with Gasteiger partial charge >= 0.3 is 0 Å². The number of nitrogen functional groups attached to an aromatic ring is 1. The average molecular weight is 333 g/mol. The van der Waals surface area contributed by atoms with Crippen molar-refractivity contribution >= 4 is 38.9 Å². The van der Waals surface area contributed by atoms with Crippen LogP contribution in [0.25, 0.3) is 22.0 Å². The van der Waals surface area contributed by atoms with Crippen molar-refractivity contribution in [3.63, 3.8) is 0 Å². The number of anilines is 1. The van der Waals surface area contributed by atoms with Gasteiger partial charge in [-0.15, -0.1) is 21.6 Å². The van der Waals surface area contributed by atoms with E-state index in [1.165, 1.54) is 16.9 Å². The zero-order valence-corrected chi connectivity index (χ0v) is 13.8. The van der Waals surface area contributed by atoms with E-state index in [9.17, 15) is 0 Å². The topological polar surface area (TPSA) is 79.4 Å². The van der Waals surface area contributed by atoms with E-state index < -0.39 is 0 Å². The van der Waals surface area contributed by atoms with Crippen molar-refractivity contribution in [3.8, 4) is 11.3 Å². The lowest BCUT2D eigenvalue weighted by Gasteiger charge is -1.96. The Bertz CT molecular complexity index is 1030. The number of hydrogen-bond donors (Lipinski definition) is 2. The van der Waals surface area contributed by atoms with Crippen molar-refractivity contribution < 1.29 is 0 Å². The average Bonchev–Trinajstić information content (AvgIpc) is 3.19. The summed E-state index contributed by atoms with van der Waals surface area (Å²) < 4.78 is 0. The molecule has 3 N–H and O–H groups in total. The lowest BCUT2D eigenvalue weighted by Crippen LogP contribution is -1.82.